The number of rotatable bonds is 5. The SMILES string of the molecule is CCN(C(=O)CN1CCNCC1C(N)=O)C1=CCCCC1. The first-order valence-corrected chi connectivity index (χ1v) is 7.87. The summed E-state index contributed by atoms with van der Waals surface area (Å²) in [7, 11) is 0. The summed E-state index contributed by atoms with van der Waals surface area (Å²) >= 11 is 0. The summed E-state index contributed by atoms with van der Waals surface area (Å²) < 4.78 is 0. The second-order valence-electron chi connectivity index (χ2n) is 5.67. The van der Waals surface area contributed by atoms with Crippen LogP contribution in [0.25, 0.3) is 0 Å². The molecule has 0 aromatic rings. The van der Waals surface area contributed by atoms with E-state index in [0.717, 1.165) is 31.5 Å². The van der Waals surface area contributed by atoms with Crippen LogP contribution < -0.4 is 11.1 Å². The van der Waals surface area contributed by atoms with E-state index in [2.05, 4.69) is 11.4 Å². The number of nitrogens with two attached hydrogens (primary N) is 1. The maximum atomic E-state index is 12.6. The number of nitrogens with one attached hydrogen (secondary N) is 1. The second-order valence-corrected chi connectivity index (χ2v) is 5.67. The number of carbonyl (C=O) groups is 2. The molecule has 0 aromatic carbocycles. The topological polar surface area (TPSA) is 78.7 Å². The van der Waals surface area contributed by atoms with E-state index in [1.54, 1.807) is 0 Å². The lowest BCUT2D eigenvalue weighted by Gasteiger charge is -2.35. The molecule has 0 bridgehead atoms. The molecule has 2 rings (SSSR count). The van der Waals surface area contributed by atoms with Crippen molar-refractivity contribution in [1.82, 2.24) is 15.1 Å². The third-order valence-corrected chi connectivity index (χ3v) is 4.25. The highest BCUT2D eigenvalue weighted by Crippen LogP contribution is 2.21. The molecule has 1 aliphatic heterocycles. The van der Waals surface area contributed by atoms with Gasteiger partial charge in [-0.3, -0.25) is 14.5 Å². The molecule has 0 radical (unpaired) electrons. The van der Waals surface area contributed by atoms with E-state index in [9.17, 15) is 9.59 Å². The largest absolute Gasteiger partial charge is 0.368 e. The zero-order chi connectivity index (χ0) is 15.2. The molecular formula is C15H26N4O2. The zero-order valence-electron chi connectivity index (χ0n) is 12.8. The number of piperazine rings is 1. The average molecular weight is 294 g/mol. The molecule has 0 aromatic heterocycles. The summed E-state index contributed by atoms with van der Waals surface area (Å²) in [4.78, 5) is 27.8. The quantitative estimate of drug-likeness (QED) is 0.751. The summed E-state index contributed by atoms with van der Waals surface area (Å²) in [5, 5.41) is 3.15. The van der Waals surface area contributed by atoms with E-state index >= 15 is 0 Å². The molecule has 1 fully saturated rings. The van der Waals surface area contributed by atoms with Crippen molar-refractivity contribution >= 4 is 11.8 Å². The van der Waals surface area contributed by atoms with E-state index in [4.69, 9.17) is 5.73 Å². The zero-order valence-corrected chi connectivity index (χ0v) is 12.8. The van der Waals surface area contributed by atoms with Crippen LogP contribution in [0.15, 0.2) is 11.8 Å². The molecule has 1 atom stereocenters. The van der Waals surface area contributed by atoms with Gasteiger partial charge in [-0.05, 0) is 32.6 Å². The first kappa shape index (κ1) is 16.0. The van der Waals surface area contributed by atoms with Crippen molar-refractivity contribution in [3.63, 3.8) is 0 Å². The number of amides is 2. The van der Waals surface area contributed by atoms with E-state index in [1.807, 2.05) is 16.7 Å². The molecule has 1 saturated heterocycles. The number of nitrogens with zero attached hydrogens (tertiary/aromatic N) is 2. The van der Waals surface area contributed by atoms with Crippen LogP contribution in [-0.2, 0) is 9.59 Å². The van der Waals surface area contributed by atoms with Crippen molar-refractivity contribution in [3.05, 3.63) is 11.8 Å². The third-order valence-electron chi connectivity index (χ3n) is 4.25. The van der Waals surface area contributed by atoms with E-state index in [0.29, 0.717) is 19.6 Å². The van der Waals surface area contributed by atoms with Gasteiger partial charge < -0.3 is 16.0 Å². The van der Waals surface area contributed by atoms with Crippen molar-refractivity contribution in [2.45, 2.75) is 38.6 Å². The van der Waals surface area contributed by atoms with Gasteiger partial charge in [0.25, 0.3) is 0 Å². The molecular weight excluding hydrogens is 268 g/mol. The standard InChI is InChI=1S/C15H26N4O2/c1-2-19(12-6-4-3-5-7-12)14(20)11-18-9-8-17-10-13(18)15(16)21/h6,13,17H,2-5,7-11H2,1H3,(H2,16,21). The van der Waals surface area contributed by atoms with E-state index in [1.165, 1.54) is 6.42 Å². The van der Waals surface area contributed by atoms with Crippen LogP contribution in [0, 0.1) is 0 Å². The van der Waals surface area contributed by atoms with Crippen molar-refractivity contribution in [3.8, 4) is 0 Å². The Morgan fingerprint density at radius 1 is 1.48 bits per heavy atom. The van der Waals surface area contributed by atoms with Crippen LogP contribution in [0.2, 0.25) is 0 Å². The van der Waals surface area contributed by atoms with Crippen molar-refractivity contribution < 1.29 is 9.59 Å². The normalized spacial score (nSPS) is 23.5. The van der Waals surface area contributed by atoms with Gasteiger partial charge >= 0.3 is 0 Å². The molecule has 0 spiro atoms. The fourth-order valence-corrected chi connectivity index (χ4v) is 3.08. The molecule has 118 valence electrons. The summed E-state index contributed by atoms with van der Waals surface area (Å²) in [6.45, 7) is 4.92. The maximum absolute atomic E-state index is 12.6. The van der Waals surface area contributed by atoms with Gasteiger partial charge in [-0.25, -0.2) is 0 Å². The second kappa shape index (κ2) is 7.56. The summed E-state index contributed by atoms with van der Waals surface area (Å²) in [5.74, 6) is -0.297. The number of hydrogen-bond donors (Lipinski definition) is 2. The number of allylic oxidation sites excluding steroid dienone is 2. The highest BCUT2D eigenvalue weighted by atomic mass is 16.2. The number of primary amides is 1. The Balaban J connectivity index is 2.00. The van der Waals surface area contributed by atoms with Gasteiger partial charge in [0.15, 0.2) is 0 Å². The van der Waals surface area contributed by atoms with Crippen LogP contribution in [-0.4, -0.2) is 60.4 Å². The average Bonchev–Trinajstić information content (AvgIpc) is 2.49. The Bertz CT molecular complexity index is 422. The van der Waals surface area contributed by atoms with Crippen molar-refractivity contribution in [2.24, 2.45) is 5.73 Å². The Morgan fingerprint density at radius 2 is 2.29 bits per heavy atom. The maximum Gasteiger partial charge on any atom is 0.240 e. The highest BCUT2D eigenvalue weighted by Gasteiger charge is 2.30. The van der Waals surface area contributed by atoms with Crippen LogP contribution >= 0.6 is 0 Å². The Morgan fingerprint density at radius 3 is 2.90 bits per heavy atom. The molecule has 2 amide bonds. The Labute approximate surface area is 126 Å². The van der Waals surface area contributed by atoms with Gasteiger partial charge in [-0.2, -0.15) is 0 Å². The van der Waals surface area contributed by atoms with Crippen LogP contribution in [0.1, 0.15) is 32.6 Å². The van der Waals surface area contributed by atoms with E-state index < -0.39 is 0 Å². The van der Waals surface area contributed by atoms with Gasteiger partial charge in [-0.1, -0.05) is 6.08 Å². The van der Waals surface area contributed by atoms with Crippen molar-refractivity contribution in [2.75, 3.05) is 32.7 Å². The van der Waals surface area contributed by atoms with Crippen molar-refractivity contribution in [1.29, 1.82) is 0 Å². The third kappa shape index (κ3) is 4.04. The molecule has 2 aliphatic rings. The van der Waals surface area contributed by atoms with Gasteiger partial charge in [0, 0.05) is 31.9 Å². The fourth-order valence-electron chi connectivity index (χ4n) is 3.08. The van der Waals surface area contributed by atoms with Crippen LogP contribution in [0.5, 0.6) is 0 Å². The molecule has 21 heavy (non-hydrogen) atoms. The smallest absolute Gasteiger partial charge is 0.240 e. The first-order chi connectivity index (χ1) is 10.1. The first-order valence-electron chi connectivity index (χ1n) is 7.87. The monoisotopic (exact) mass is 294 g/mol. The molecule has 0 saturated carbocycles. The molecule has 1 aliphatic carbocycles. The molecule has 1 unspecified atom stereocenters. The van der Waals surface area contributed by atoms with Gasteiger partial charge in [0.05, 0.1) is 6.54 Å². The molecule has 3 N–H and O–H groups in total. The lowest BCUT2D eigenvalue weighted by molar-refractivity contribution is -0.133. The predicted octanol–water partition coefficient (Wildman–Crippen LogP) is 0.0519. The number of likely N-dealkylation sites (N-methyl/N-ethyl adjacent to an activating group) is 1. The predicted molar refractivity (Wildman–Crippen MR) is 81.4 cm³/mol. The Hall–Kier alpha value is -1.40. The Kier molecular flexibility index (Phi) is 5.76. The van der Waals surface area contributed by atoms with E-state index in [-0.39, 0.29) is 24.4 Å². The number of carbonyl (C=O) groups excluding carboxylic acids is 2. The number of hydrogen-bond acceptors (Lipinski definition) is 4. The minimum absolute atomic E-state index is 0.0683. The lowest BCUT2D eigenvalue weighted by atomic mass is 10.0. The minimum atomic E-state index is -0.387. The van der Waals surface area contributed by atoms with Gasteiger partial charge in [0.2, 0.25) is 11.8 Å². The molecule has 1 heterocycles. The molecule has 6 nitrogen and oxygen atoms in total. The summed E-state index contributed by atoms with van der Waals surface area (Å²) in [5.41, 5.74) is 6.57. The van der Waals surface area contributed by atoms with Gasteiger partial charge in [-0.15, -0.1) is 0 Å². The lowest BCUT2D eigenvalue weighted by Crippen LogP contribution is -2.59. The van der Waals surface area contributed by atoms with Crippen LogP contribution in [0.3, 0.4) is 0 Å². The van der Waals surface area contributed by atoms with Gasteiger partial charge in [0.1, 0.15) is 6.04 Å². The summed E-state index contributed by atoms with van der Waals surface area (Å²) in [6, 6.07) is -0.387. The van der Waals surface area contributed by atoms with Crippen LogP contribution in [0.4, 0.5) is 0 Å². The summed E-state index contributed by atoms with van der Waals surface area (Å²) in [6.07, 6.45) is 6.55. The highest BCUT2D eigenvalue weighted by molar-refractivity contribution is 5.83. The molecule has 6 heteroatoms. The fraction of sp³-hybridized carbons (Fsp3) is 0.733. The minimum Gasteiger partial charge on any atom is -0.368 e.